The maximum absolute atomic E-state index is 5.62. The molecule has 0 fully saturated rings. The zero-order valence-corrected chi connectivity index (χ0v) is 13.5. The van der Waals surface area contributed by atoms with Crippen molar-refractivity contribution in [1.29, 1.82) is 0 Å². The summed E-state index contributed by atoms with van der Waals surface area (Å²) in [5, 5.41) is 0. The second-order valence-corrected chi connectivity index (χ2v) is 5.07. The fourth-order valence-electron chi connectivity index (χ4n) is 1.77. The lowest BCUT2D eigenvalue weighted by molar-refractivity contribution is -0.186. The number of ether oxygens (including phenoxy) is 2. The van der Waals surface area contributed by atoms with Crippen molar-refractivity contribution < 1.29 is 9.47 Å². The SMILES string of the molecule is CCOC(C)(C=CC=C(C)CCC=C(C)C)OCC. The number of rotatable bonds is 9. The van der Waals surface area contributed by atoms with Gasteiger partial charge < -0.3 is 9.47 Å². The van der Waals surface area contributed by atoms with Gasteiger partial charge in [-0.15, -0.1) is 0 Å². The predicted octanol–water partition coefficient (Wildman–Crippen LogP) is 5.02. The van der Waals surface area contributed by atoms with E-state index < -0.39 is 5.79 Å². The molecule has 0 aliphatic heterocycles. The first kappa shape index (κ1) is 18.1. The van der Waals surface area contributed by atoms with Crippen molar-refractivity contribution in [1.82, 2.24) is 0 Å². The molecule has 0 aliphatic rings. The standard InChI is InChI=1S/C17H30O2/c1-7-18-17(6,19-8-2)14-10-13-16(5)12-9-11-15(3)4/h10-11,13-14H,7-9,12H2,1-6H3. The second kappa shape index (κ2) is 9.99. The second-order valence-electron chi connectivity index (χ2n) is 5.07. The molecule has 0 aromatic heterocycles. The summed E-state index contributed by atoms with van der Waals surface area (Å²) >= 11 is 0. The van der Waals surface area contributed by atoms with E-state index in [2.05, 4.69) is 32.9 Å². The molecule has 0 heterocycles. The first-order valence-corrected chi connectivity index (χ1v) is 7.19. The van der Waals surface area contributed by atoms with E-state index in [1.807, 2.05) is 32.9 Å². The Morgan fingerprint density at radius 1 is 1.05 bits per heavy atom. The Morgan fingerprint density at radius 3 is 2.11 bits per heavy atom. The Labute approximate surface area is 119 Å². The quantitative estimate of drug-likeness (QED) is 0.331. The molecule has 0 aliphatic carbocycles. The Kier molecular flexibility index (Phi) is 9.54. The van der Waals surface area contributed by atoms with Gasteiger partial charge >= 0.3 is 0 Å². The van der Waals surface area contributed by atoms with Gasteiger partial charge in [-0.25, -0.2) is 0 Å². The maximum Gasteiger partial charge on any atom is 0.185 e. The van der Waals surface area contributed by atoms with Gasteiger partial charge in [0.1, 0.15) is 0 Å². The van der Waals surface area contributed by atoms with Crippen LogP contribution in [0.5, 0.6) is 0 Å². The third kappa shape index (κ3) is 9.69. The molecule has 0 rings (SSSR count). The largest absolute Gasteiger partial charge is 0.347 e. The van der Waals surface area contributed by atoms with Crippen LogP contribution in [0.2, 0.25) is 0 Å². The fourth-order valence-corrected chi connectivity index (χ4v) is 1.77. The van der Waals surface area contributed by atoms with E-state index in [4.69, 9.17) is 9.47 Å². The summed E-state index contributed by atoms with van der Waals surface area (Å²) in [4.78, 5) is 0. The smallest absolute Gasteiger partial charge is 0.185 e. The van der Waals surface area contributed by atoms with Crippen LogP contribution in [-0.4, -0.2) is 19.0 Å². The van der Waals surface area contributed by atoms with E-state index in [1.54, 1.807) is 0 Å². The van der Waals surface area contributed by atoms with Crippen LogP contribution in [0.4, 0.5) is 0 Å². The van der Waals surface area contributed by atoms with Gasteiger partial charge in [0.05, 0.1) is 0 Å². The number of hydrogen-bond acceptors (Lipinski definition) is 2. The highest BCUT2D eigenvalue weighted by molar-refractivity contribution is 5.13. The maximum atomic E-state index is 5.62. The van der Waals surface area contributed by atoms with Gasteiger partial charge in [-0.05, 0) is 60.5 Å². The molecule has 0 amide bonds. The molecule has 0 aromatic carbocycles. The summed E-state index contributed by atoms with van der Waals surface area (Å²) in [6, 6.07) is 0. The van der Waals surface area contributed by atoms with Crippen LogP contribution in [0.3, 0.4) is 0 Å². The highest BCUT2D eigenvalue weighted by Crippen LogP contribution is 2.15. The van der Waals surface area contributed by atoms with Gasteiger partial charge in [0.25, 0.3) is 0 Å². The molecule has 0 saturated heterocycles. The van der Waals surface area contributed by atoms with E-state index in [9.17, 15) is 0 Å². The van der Waals surface area contributed by atoms with Crippen molar-refractivity contribution in [2.75, 3.05) is 13.2 Å². The molecular weight excluding hydrogens is 236 g/mol. The highest BCUT2D eigenvalue weighted by atomic mass is 16.7. The van der Waals surface area contributed by atoms with Crippen molar-refractivity contribution >= 4 is 0 Å². The van der Waals surface area contributed by atoms with Gasteiger partial charge in [-0.1, -0.05) is 29.4 Å². The van der Waals surface area contributed by atoms with Crippen LogP contribution in [0.1, 0.15) is 54.4 Å². The molecule has 0 unspecified atom stereocenters. The highest BCUT2D eigenvalue weighted by Gasteiger charge is 2.19. The molecule has 2 nitrogen and oxygen atoms in total. The van der Waals surface area contributed by atoms with Crippen LogP contribution in [0.25, 0.3) is 0 Å². The third-order valence-corrected chi connectivity index (χ3v) is 2.73. The lowest BCUT2D eigenvalue weighted by Crippen LogP contribution is -2.29. The van der Waals surface area contributed by atoms with E-state index in [0.29, 0.717) is 13.2 Å². The minimum atomic E-state index is -0.611. The summed E-state index contributed by atoms with van der Waals surface area (Å²) in [6.07, 6.45) is 10.6. The Bertz CT molecular complexity index is 314. The zero-order chi connectivity index (χ0) is 14.7. The Hall–Kier alpha value is -0.860. The number of allylic oxidation sites excluding steroid dienone is 5. The third-order valence-electron chi connectivity index (χ3n) is 2.73. The molecule has 0 radical (unpaired) electrons. The summed E-state index contributed by atoms with van der Waals surface area (Å²) in [5.41, 5.74) is 2.74. The minimum absolute atomic E-state index is 0.611. The first-order chi connectivity index (χ1) is 8.93. The molecule has 0 saturated carbocycles. The molecule has 110 valence electrons. The van der Waals surface area contributed by atoms with E-state index in [-0.39, 0.29) is 0 Å². The number of hydrogen-bond donors (Lipinski definition) is 0. The summed E-state index contributed by atoms with van der Waals surface area (Å²) in [7, 11) is 0. The zero-order valence-electron chi connectivity index (χ0n) is 13.5. The van der Waals surface area contributed by atoms with E-state index >= 15 is 0 Å². The van der Waals surface area contributed by atoms with Crippen LogP contribution < -0.4 is 0 Å². The Morgan fingerprint density at radius 2 is 1.63 bits per heavy atom. The van der Waals surface area contributed by atoms with Crippen molar-refractivity contribution in [2.45, 2.75) is 60.2 Å². The molecule has 0 spiro atoms. The van der Waals surface area contributed by atoms with E-state index in [0.717, 1.165) is 12.8 Å². The van der Waals surface area contributed by atoms with Crippen LogP contribution in [0, 0.1) is 0 Å². The van der Waals surface area contributed by atoms with E-state index in [1.165, 1.54) is 11.1 Å². The minimum Gasteiger partial charge on any atom is -0.347 e. The topological polar surface area (TPSA) is 18.5 Å². The van der Waals surface area contributed by atoms with Crippen molar-refractivity contribution in [2.24, 2.45) is 0 Å². The normalized spacial score (nSPS) is 13.1. The van der Waals surface area contributed by atoms with Gasteiger partial charge in [0, 0.05) is 13.2 Å². The molecule has 0 aromatic rings. The van der Waals surface area contributed by atoms with Gasteiger partial charge in [0.2, 0.25) is 0 Å². The molecule has 0 bridgehead atoms. The molecule has 0 N–H and O–H groups in total. The average Bonchev–Trinajstić information content (AvgIpc) is 2.28. The van der Waals surface area contributed by atoms with Gasteiger partial charge in [-0.3, -0.25) is 0 Å². The molecular formula is C17H30O2. The molecule has 2 heteroatoms. The van der Waals surface area contributed by atoms with Gasteiger partial charge in [0.15, 0.2) is 5.79 Å². The van der Waals surface area contributed by atoms with Crippen molar-refractivity contribution in [3.05, 3.63) is 35.5 Å². The first-order valence-electron chi connectivity index (χ1n) is 7.19. The fraction of sp³-hybridized carbons (Fsp3) is 0.647. The molecule has 0 atom stereocenters. The summed E-state index contributed by atoms with van der Waals surface area (Å²) in [6.45, 7) is 13.6. The van der Waals surface area contributed by atoms with Crippen LogP contribution >= 0.6 is 0 Å². The lowest BCUT2D eigenvalue weighted by Gasteiger charge is -2.25. The average molecular weight is 266 g/mol. The monoisotopic (exact) mass is 266 g/mol. The molecule has 19 heavy (non-hydrogen) atoms. The lowest BCUT2D eigenvalue weighted by atomic mass is 10.1. The summed E-state index contributed by atoms with van der Waals surface area (Å²) in [5.74, 6) is -0.611. The van der Waals surface area contributed by atoms with Gasteiger partial charge in [-0.2, -0.15) is 0 Å². The van der Waals surface area contributed by atoms with Crippen LogP contribution in [0.15, 0.2) is 35.5 Å². The summed E-state index contributed by atoms with van der Waals surface area (Å²) < 4.78 is 11.2. The van der Waals surface area contributed by atoms with Crippen molar-refractivity contribution in [3.63, 3.8) is 0 Å². The Balaban J connectivity index is 4.38. The predicted molar refractivity (Wildman–Crippen MR) is 83.2 cm³/mol. The van der Waals surface area contributed by atoms with Crippen LogP contribution in [-0.2, 0) is 9.47 Å². The van der Waals surface area contributed by atoms with Crippen molar-refractivity contribution in [3.8, 4) is 0 Å².